The number of aliphatic hydroxyl groups excluding tert-OH is 2. The van der Waals surface area contributed by atoms with Crippen molar-refractivity contribution < 1.29 is 24.9 Å². The van der Waals surface area contributed by atoms with Crippen molar-refractivity contribution in [3.05, 3.63) is 162 Å². The third-order valence-electron chi connectivity index (χ3n) is 13.8. The van der Waals surface area contributed by atoms with Crippen LogP contribution in [0.4, 0.5) is 0 Å². The minimum absolute atomic E-state index is 0.0490. The SMILES string of the molecule is CC(C)C[C@H](O)[C@H](O)[C@H](CC1CCCCC1)N(Cc1cn(C(c2ccccc2)(c2ccccc2)c2ccccc2)cn1)C(=O)CCC(=O)N(Cc1ccccc1)CC1(O)CCCCC1. The van der Waals surface area contributed by atoms with E-state index in [-0.39, 0.29) is 49.6 Å². The summed E-state index contributed by atoms with van der Waals surface area (Å²) < 4.78 is 2.13. The molecule has 0 radical (unpaired) electrons. The van der Waals surface area contributed by atoms with E-state index in [0.29, 0.717) is 37.9 Å². The summed E-state index contributed by atoms with van der Waals surface area (Å²) in [6.45, 7) is 4.69. The molecule has 0 aliphatic heterocycles. The van der Waals surface area contributed by atoms with Crippen LogP contribution in [0.1, 0.15) is 132 Å². The number of amides is 2. The summed E-state index contributed by atoms with van der Waals surface area (Å²) in [6.07, 6.45) is 12.0. The Morgan fingerprint density at radius 1 is 0.719 bits per heavy atom. The molecule has 1 heterocycles. The predicted octanol–water partition coefficient (Wildman–Crippen LogP) is 9.66. The van der Waals surface area contributed by atoms with Gasteiger partial charge in [0.2, 0.25) is 11.8 Å². The maximum Gasteiger partial charge on any atom is 0.223 e. The molecule has 2 fully saturated rings. The lowest BCUT2D eigenvalue weighted by Gasteiger charge is -2.40. The third-order valence-corrected chi connectivity index (χ3v) is 13.8. The minimum atomic E-state index is -1.20. The third kappa shape index (κ3) is 11.6. The summed E-state index contributed by atoms with van der Waals surface area (Å²) in [5, 5.41) is 35.4. The van der Waals surface area contributed by atoms with E-state index >= 15 is 4.79 Å². The average molecular weight is 867 g/mol. The van der Waals surface area contributed by atoms with E-state index in [1.54, 1.807) is 9.80 Å². The van der Waals surface area contributed by atoms with Crippen LogP contribution in [0.5, 0.6) is 0 Å². The highest BCUT2D eigenvalue weighted by molar-refractivity contribution is 5.84. The van der Waals surface area contributed by atoms with Gasteiger partial charge in [-0.1, -0.05) is 187 Å². The molecule has 9 nitrogen and oxygen atoms in total. The zero-order valence-electron chi connectivity index (χ0n) is 38.1. The van der Waals surface area contributed by atoms with Gasteiger partial charge in [-0.3, -0.25) is 9.59 Å². The highest BCUT2D eigenvalue weighted by Gasteiger charge is 2.41. The van der Waals surface area contributed by atoms with E-state index in [2.05, 4.69) is 41.0 Å². The highest BCUT2D eigenvalue weighted by Crippen LogP contribution is 2.41. The van der Waals surface area contributed by atoms with Gasteiger partial charge >= 0.3 is 0 Å². The van der Waals surface area contributed by atoms with Gasteiger partial charge in [0.1, 0.15) is 11.6 Å². The molecule has 3 atom stereocenters. The van der Waals surface area contributed by atoms with Gasteiger partial charge in [0.15, 0.2) is 0 Å². The number of carbonyl (C=O) groups excluding carboxylic acids is 2. The van der Waals surface area contributed by atoms with E-state index in [9.17, 15) is 20.1 Å². The molecule has 340 valence electrons. The molecule has 0 unspecified atom stereocenters. The molecule has 1 aromatic heterocycles. The lowest BCUT2D eigenvalue weighted by atomic mass is 9.77. The number of carbonyl (C=O) groups is 2. The van der Waals surface area contributed by atoms with Gasteiger partial charge in [-0.25, -0.2) is 4.98 Å². The van der Waals surface area contributed by atoms with Gasteiger partial charge < -0.3 is 29.7 Å². The Balaban J connectivity index is 1.25. The van der Waals surface area contributed by atoms with E-state index in [1.165, 1.54) is 6.42 Å². The van der Waals surface area contributed by atoms with Crippen LogP contribution in [0.3, 0.4) is 0 Å². The van der Waals surface area contributed by atoms with Crippen molar-refractivity contribution >= 4 is 11.8 Å². The zero-order chi connectivity index (χ0) is 44.9. The van der Waals surface area contributed by atoms with Crippen LogP contribution in [0.25, 0.3) is 0 Å². The van der Waals surface area contributed by atoms with Crippen LogP contribution in [0, 0.1) is 11.8 Å². The predicted molar refractivity (Wildman–Crippen MR) is 253 cm³/mol. The first-order chi connectivity index (χ1) is 31.1. The molecule has 64 heavy (non-hydrogen) atoms. The summed E-state index contributed by atoms with van der Waals surface area (Å²) in [5.41, 5.74) is 2.96. The smallest absolute Gasteiger partial charge is 0.223 e. The average Bonchev–Trinajstić information content (AvgIpc) is 3.79. The summed E-state index contributed by atoms with van der Waals surface area (Å²) >= 11 is 0. The van der Waals surface area contributed by atoms with Crippen LogP contribution in [0.15, 0.2) is 134 Å². The Hall–Kier alpha value is -5.09. The highest BCUT2D eigenvalue weighted by atomic mass is 16.3. The Morgan fingerprint density at radius 3 is 1.78 bits per heavy atom. The molecular formula is C55H70N4O5. The van der Waals surface area contributed by atoms with Gasteiger partial charge in [-0.2, -0.15) is 0 Å². The monoisotopic (exact) mass is 867 g/mol. The quantitative estimate of drug-likeness (QED) is 0.0671. The normalized spacial score (nSPS) is 17.1. The Bertz CT molecular complexity index is 2070. The largest absolute Gasteiger partial charge is 0.390 e. The van der Waals surface area contributed by atoms with Gasteiger partial charge in [-0.15, -0.1) is 0 Å². The van der Waals surface area contributed by atoms with E-state index < -0.39 is 29.4 Å². The first kappa shape index (κ1) is 46.9. The van der Waals surface area contributed by atoms with Crippen LogP contribution in [-0.2, 0) is 28.2 Å². The number of benzene rings is 4. The Morgan fingerprint density at radius 2 is 1.23 bits per heavy atom. The molecule has 3 N–H and O–H groups in total. The van der Waals surface area contributed by atoms with Gasteiger partial charge in [0, 0.05) is 32.1 Å². The minimum Gasteiger partial charge on any atom is -0.390 e. The molecule has 9 heteroatoms. The van der Waals surface area contributed by atoms with Crippen LogP contribution < -0.4 is 0 Å². The molecule has 0 spiro atoms. The lowest BCUT2D eigenvalue weighted by Crippen LogP contribution is -2.52. The molecule has 2 amide bonds. The van der Waals surface area contributed by atoms with Crippen molar-refractivity contribution in [1.29, 1.82) is 0 Å². The van der Waals surface area contributed by atoms with E-state index in [4.69, 9.17) is 4.98 Å². The van der Waals surface area contributed by atoms with Crippen molar-refractivity contribution in [2.24, 2.45) is 11.8 Å². The molecule has 0 saturated heterocycles. The van der Waals surface area contributed by atoms with Crippen LogP contribution in [0.2, 0.25) is 0 Å². The van der Waals surface area contributed by atoms with Crippen molar-refractivity contribution in [2.45, 2.75) is 146 Å². The summed E-state index contributed by atoms with van der Waals surface area (Å²) in [5.74, 6) is -0.0400. The van der Waals surface area contributed by atoms with E-state index in [1.807, 2.05) is 111 Å². The van der Waals surface area contributed by atoms with Crippen molar-refractivity contribution in [3.63, 3.8) is 0 Å². The molecule has 2 saturated carbocycles. The topological polar surface area (TPSA) is 119 Å². The number of aromatic nitrogens is 2. The van der Waals surface area contributed by atoms with Crippen LogP contribution in [-0.4, -0.2) is 76.9 Å². The second-order valence-corrected chi connectivity index (χ2v) is 19.1. The van der Waals surface area contributed by atoms with Gasteiger partial charge in [-0.05, 0) is 59.8 Å². The summed E-state index contributed by atoms with van der Waals surface area (Å²) in [4.78, 5) is 37.9. The number of rotatable bonds is 20. The molecular weight excluding hydrogens is 797 g/mol. The number of imidazole rings is 1. The number of aliphatic hydroxyl groups is 3. The van der Waals surface area contributed by atoms with Crippen molar-refractivity contribution in [2.75, 3.05) is 6.54 Å². The fourth-order valence-electron chi connectivity index (χ4n) is 10.5. The van der Waals surface area contributed by atoms with Crippen LogP contribution >= 0.6 is 0 Å². The Kier molecular flexibility index (Phi) is 16.3. The molecule has 2 aliphatic carbocycles. The number of hydrogen-bond acceptors (Lipinski definition) is 6. The first-order valence-electron chi connectivity index (χ1n) is 24.0. The van der Waals surface area contributed by atoms with Crippen molar-refractivity contribution in [1.82, 2.24) is 19.4 Å². The molecule has 7 rings (SSSR count). The zero-order valence-corrected chi connectivity index (χ0v) is 38.1. The maximum atomic E-state index is 15.1. The molecule has 4 aromatic carbocycles. The first-order valence-corrected chi connectivity index (χ1v) is 24.0. The molecule has 2 aliphatic rings. The molecule has 0 bridgehead atoms. The summed E-state index contributed by atoms with van der Waals surface area (Å²) in [6, 6.07) is 40.2. The maximum absolute atomic E-state index is 15.1. The fraction of sp³-hybridized carbons (Fsp3) is 0.473. The van der Waals surface area contributed by atoms with Gasteiger partial charge in [0.05, 0.1) is 36.3 Å². The van der Waals surface area contributed by atoms with Crippen molar-refractivity contribution in [3.8, 4) is 0 Å². The fourth-order valence-corrected chi connectivity index (χ4v) is 10.5. The second kappa shape index (κ2) is 22.2. The Labute approximate surface area is 381 Å². The van der Waals surface area contributed by atoms with Gasteiger partial charge in [0.25, 0.3) is 0 Å². The lowest BCUT2D eigenvalue weighted by molar-refractivity contribution is -0.145. The molecule has 5 aromatic rings. The second-order valence-electron chi connectivity index (χ2n) is 19.1. The van der Waals surface area contributed by atoms with E-state index in [0.717, 1.165) is 67.2 Å². The number of nitrogens with zero attached hydrogens (tertiary/aromatic N) is 4. The summed E-state index contributed by atoms with van der Waals surface area (Å²) in [7, 11) is 0. The standard InChI is InChI=1S/C55H70N4O5/c1-42(2)35-50(60)53(63)49(36-43-21-9-3-10-22-43)59(52(62)32-31-51(61)57(37-44-23-11-4-12-24-44)40-54(64)33-19-8-20-34-54)39-48-38-58(41-56-48)55(45-25-13-5-14-26-45,46-27-15-6-16-28-46)47-29-17-7-18-30-47/h4-7,11-18,23-30,38,41-43,49-50,53,60,63-64H,3,8-10,19-22,31-37,39-40H2,1-2H3/t49-,50-,53+/m0/s1. The number of hydrogen-bond donors (Lipinski definition) is 3.